The Hall–Kier alpha value is -0.980. The summed E-state index contributed by atoms with van der Waals surface area (Å²) in [4.78, 5) is 0. The molecule has 84 valence electrons. The number of halogens is 2. The Labute approximate surface area is 107 Å². The number of rotatable bonds is 3. The van der Waals surface area contributed by atoms with Gasteiger partial charge in [-0.05, 0) is 43.2 Å². The van der Waals surface area contributed by atoms with Crippen molar-refractivity contribution < 1.29 is 0 Å². The van der Waals surface area contributed by atoms with Gasteiger partial charge in [0.05, 0.1) is 0 Å². The van der Waals surface area contributed by atoms with E-state index in [0.29, 0.717) is 5.03 Å². The number of hydrogen-bond donors (Lipinski definition) is 0. The van der Waals surface area contributed by atoms with E-state index in [4.69, 9.17) is 23.2 Å². The van der Waals surface area contributed by atoms with Crippen LogP contribution in [0.4, 0.5) is 0 Å². The maximum atomic E-state index is 6.07. The van der Waals surface area contributed by atoms with Gasteiger partial charge in [0, 0.05) is 10.1 Å². The molecule has 2 heteroatoms. The molecule has 0 heterocycles. The topological polar surface area (TPSA) is 0 Å². The number of allylic oxidation sites excluding steroid dienone is 5. The van der Waals surface area contributed by atoms with Crippen LogP contribution in [0, 0.1) is 6.92 Å². The number of aryl methyl sites for hydroxylation is 1. The van der Waals surface area contributed by atoms with Crippen LogP contribution in [0.5, 0.6) is 0 Å². The fraction of sp³-hybridized carbons (Fsp3) is 0.143. The van der Waals surface area contributed by atoms with Gasteiger partial charge in [0.2, 0.25) is 0 Å². The molecule has 0 fully saturated rings. The van der Waals surface area contributed by atoms with Crippen molar-refractivity contribution in [1.29, 1.82) is 0 Å². The second-order valence-corrected chi connectivity index (χ2v) is 4.53. The third-order valence-corrected chi connectivity index (χ3v) is 2.42. The molecule has 0 amide bonds. The van der Waals surface area contributed by atoms with Gasteiger partial charge in [-0.25, -0.2) is 0 Å². The minimum atomic E-state index is 0.684. The summed E-state index contributed by atoms with van der Waals surface area (Å²) >= 11 is 11.8. The summed E-state index contributed by atoms with van der Waals surface area (Å²) in [5.74, 6) is 0. The molecule has 0 N–H and O–H groups in total. The van der Waals surface area contributed by atoms with Gasteiger partial charge in [-0.2, -0.15) is 0 Å². The smallest absolute Gasteiger partial charge is 0.0412 e. The van der Waals surface area contributed by atoms with Crippen LogP contribution in [-0.4, -0.2) is 0 Å². The quantitative estimate of drug-likeness (QED) is 0.643. The zero-order valence-corrected chi connectivity index (χ0v) is 10.9. The molecule has 0 aromatic heterocycles. The Morgan fingerprint density at radius 1 is 1.19 bits per heavy atom. The average Bonchev–Trinajstić information content (AvgIpc) is 2.21. The summed E-state index contributed by atoms with van der Waals surface area (Å²) in [5, 5.41) is 1.42. The Bertz CT molecular complexity index is 436. The van der Waals surface area contributed by atoms with Crippen molar-refractivity contribution in [1.82, 2.24) is 0 Å². The second-order valence-electron chi connectivity index (χ2n) is 3.50. The van der Waals surface area contributed by atoms with Crippen LogP contribution in [0.15, 0.2) is 52.6 Å². The minimum absolute atomic E-state index is 0.684. The van der Waals surface area contributed by atoms with E-state index in [1.807, 2.05) is 43.4 Å². The normalized spacial score (nSPS) is 13.5. The van der Waals surface area contributed by atoms with Crippen LogP contribution in [-0.2, 0) is 0 Å². The van der Waals surface area contributed by atoms with Crippen molar-refractivity contribution in [3.8, 4) is 0 Å². The third kappa shape index (κ3) is 4.69. The van der Waals surface area contributed by atoms with E-state index in [-0.39, 0.29) is 0 Å². The van der Waals surface area contributed by atoms with Gasteiger partial charge in [0.1, 0.15) is 0 Å². The Morgan fingerprint density at radius 2 is 1.88 bits per heavy atom. The summed E-state index contributed by atoms with van der Waals surface area (Å²) in [6.07, 6.45) is 7.39. The molecular formula is C14H14Cl2. The van der Waals surface area contributed by atoms with E-state index in [0.717, 1.165) is 10.6 Å². The molecule has 1 rings (SSSR count). The van der Waals surface area contributed by atoms with Gasteiger partial charge >= 0.3 is 0 Å². The highest BCUT2D eigenvalue weighted by molar-refractivity contribution is 6.33. The fourth-order valence-electron chi connectivity index (χ4n) is 1.22. The SMILES string of the molecule is C\C(Cl)=C/C=C\C(Cl)=C\c1ccccc1C. The van der Waals surface area contributed by atoms with Crippen LogP contribution >= 0.6 is 23.2 Å². The lowest BCUT2D eigenvalue weighted by Crippen LogP contribution is -1.78. The first kappa shape index (κ1) is 13.1. The van der Waals surface area contributed by atoms with E-state index in [1.165, 1.54) is 5.56 Å². The first-order valence-corrected chi connectivity index (χ1v) is 5.78. The summed E-state index contributed by atoms with van der Waals surface area (Å²) in [7, 11) is 0. The van der Waals surface area contributed by atoms with Crippen LogP contribution in [0.3, 0.4) is 0 Å². The zero-order valence-electron chi connectivity index (χ0n) is 9.37. The standard InChI is InChI=1S/C14H14Cl2/c1-11-6-3-4-8-13(11)10-14(16)9-5-7-12(2)15/h3-10H,1-2H3/b9-5-,12-7+,14-10-. The lowest BCUT2D eigenvalue weighted by molar-refractivity contribution is 1.44. The molecule has 0 radical (unpaired) electrons. The van der Waals surface area contributed by atoms with E-state index >= 15 is 0 Å². The monoisotopic (exact) mass is 252 g/mol. The van der Waals surface area contributed by atoms with Crippen LogP contribution in [0.2, 0.25) is 0 Å². The summed E-state index contributed by atoms with van der Waals surface area (Å²) in [5.41, 5.74) is 2.34. The summed E-state index contributed by atoms with van der Waals surface area (Å²) < 4.78 is 0. The van der Waals surface area contributed by atoms with E-state index in [2.05, 4.69) is 13.0 Å². The van der Waals surface area contributed by atoms with Crippen molar-refractivity contribution >= 4 is 29.3 Å². The zero-order chi connectivity index (χ0) is 12.0. The third-order valence-electron chi connectivity index (χ3n) is 2.06. The highest BCUT2D eigenvalue weighted by Crippen LogP contribution is 2.15. The Morgan fingerprint density at radius 3 is 2.50 bits per heavy atom. The first-order chi connectivity index (χ1) is 7.59. The molecule has 1 aromatic carbocycles. The van der Waals surface area contributed by atoms with E-state index in [9.17, 15) is 0 Å². The van der Waals surface area contributed by atoms with Crippen molar-refractivity contribution in [3.63, 3.8) is 0 Å². The predicted molar refractivity (Wildman–Crippen MR) is 73.8 cm³/mol. The molecule has 0 unspecified atom stereocenters. The van der Waals surface area contributed by atoms with Crippen LogP contribution < -0.4 is 0 Å². The van der Waals surface area contributed by atoms with Crippen molar-refractivity contribution in [2.24, 2.45) is 0 Å². The minimum Gasteiger partial charge on any atom is -0.0895 e. The van der Waals surface area contributed by atoms with Gasteiger partial charge in [-0.15, -0.1) is 0 Å². The van der Waals surface area contributed by atoms with E-state index < -0.39 is 0 Å². The molecule has 16 heavy (non-hydrogen) atoms. The average molecular weight is 253 g/mol. The van der Waals surface area contributed by atoms with Gasteiger partial charge in [-0.1, -0.05) is 53.5 Å². The summed E-state index contributed by atoms with van der Waals surface area (Å²) in [6, 6.07) is 8.10. The highest BCUT2D eigenvalue weighted by Gasteiger charge is 1.93. The lowest BCUT2D eigenvalue weighted by atomic mass is 10.1. The first-order valence-electron chi connectivity index (χ1n) is 5.03. The van der Waals surface area contributed by atoms with Crippen molar-refractivity contribution in [3.05, 3.63) is 63.7 Å². The Balaban J connectivity index is 2.82. The van der Waals surface area contributed by atoms with Crippen LogP contribution in [0.1, 0.15) is 18.1 Å². The molecule has 0 saturated heterocycles. The second kappa shape index (κ2) is 6.57. The fourth-order valence-corrected chi connectivity index (χ4v) is 1.48. The molecule has 1 aromatic rings. The maximum absolute atomic E-state index is 6.07. The predicted octanol–water partition coefficient (Wildman–Crippen LogP) is 5.27. The molecule has 0 bridgehead atoms. The molecule has 0 atom stereocenters. The largest absolute Gasteiger partial charge is 0.0895 e. The summed E-state index contributed by atoms with van der Waals surface area (Å²) in [6.45, 7) is 3.88. The molecular weight excluding hydrogens is 239 g/mol. The number of hydrogen-bond acceptors (Lipinski definition) is 0. The maximum Gasteiger partial charge on any atom is 0.0412 e. The molecule has 0 aliphatic carbocycles. The van der Waals surface area contributed by atoms with Crippen LogP contribution in [0.25, 0.3) is 6.08 Å². The van der Waals surface area contributed by atoms with Gasteiger partial charge in [0.15, 0.2) is 0 Å². The van der Waals surface area contributed by atoms with Gasteiger partial charge in [0.25, 0.3) is 0 Å². The van der Waals surface area contributed by atoms with Gasteiger partial charge < -0.3 is 0 Å². The number of benzene rings is 1. The van der Waals surface area contributed by atoms with E-state index in [1.54, 1.807) is 6.08 Å². The highest BCUT2D eigenvalue weighted by atomic mass is 35.5. The molecule has 0 aliphatic rings. The molecule has 0 nitrogen and oxygen atoms in total. The Kier molecular flexibility index (Phi) is 5.37. The molecule has 0 saturated carbocycles. The van der Waals surface area contributed by atoms with Crippen molar-refractivity contribution in [2.75, 3.05) is 0 Å². The molecule has 0 aliphatic heterocycles. The lowest BCUT2D eigenvalue weighted by Gasteiger charge is -1.98. The molecule has 0 spiro atoms. The van der Waals surface area contributed by atoms with Crippen molar-refractivity contribution in [2.45, 2.75) is 13.8 Å². The van der Waals surface area contributed by atoms with Gasteiger partial charge in [-0.3, -0.25) is 0 Å².